The third-order valence-corrected chi connectivity index (χ3v) is 3.37. The van der Waals surface area contributed by atoms with E-state index in [1.165, 1.54) is 17.4 Å². The molecule has 3 aromatic rings. The lowest BCUT2D eigenvalue weighted by Crippen LogP contribution is -1.81. The van der Waals surface area contributed by atoms with Crippen LogP contribution >= 0.6 is 11.3 Å². The second kappa shape index (κ2) is 3.68. The van der Waals surface area contributed by atoms with Crippen LogP contribution in [0.1, 0.15) is 0 Å². The highest BCUT2D eigenvalue weighted by Gasteiger charge is 2.02. The van der Waals surface area contributed by atoms with Crippen molar-refractivity contribution in [2.24, 2.45) is 0 Å². The van der Waals surface area contributed by atoms with E-state index < -0.39 is 0 Å². The van der Waals surface area contributed by atoms with Crippen LogP contribution in [-0.2, 0) is 0 Å². The number of thiazole rings is 1. The molecule has 0 aliphatic carbocycles. The Labute approximate surface area is 96.2 Å². The summed E-state index contributed by atoms with van der Waals surface area (Å²) in [5, 5.41) is 0.680. The van der Waals surface area contributed by atoms with Crippen molar-refractivity contribution < 1.29 is 4.39 Å². The van der Waals surface area contributed by atoms with E-state index in [1.807, 2.05) is 24.3 Å². The van der Waals surface area contributed by atoms with Gasteiger partial charge in [0.1, 0.15) is 0 Å². The minimum atomic E-state index is -0.276. The summed E-state index contributed by atoms with van der Waals surface area (Å²) < 4.78 is 14.6. The molecule has 0 N–H and O–H groups in total. The molecule has 0 atom stereocenters. The van der Waals surface area contributed by atoms with Crippen molar-refractivity contribution in [1.82, 2.24) is 4.98 Å². The van der Waals surface area contributed by atoms with Gasteiger partial charge in [-0.25, -0.2) is 0 Å². The van der Waals surface area contributed by atoms with E-state index in [4.69, 9.17) is 0 Å². The second-order valence-electron chi connectivity index (χ2n) is 3.38. The molecular formula is C13H7FNS-. The molecule has 0 aliphatic rings. The van der Waals surface area contributed by atoms with Crippen molar-refractivity contribution in [3.05, 3.63) is 54.3 Å². The van der Waals surface area contributed by atoms with Gasteiger partial charge in [0.15, 0.2) is 0 Å². The number of rotatable bonds is 1. The molecule has 0 amide bonds. The number of hydrogen-bond donors (Lipinski definition) is 0. The van der Waals surface area contributed by atoms with Crippen molar-refractivity contribution in [2.45, 2.75) is 0 Å². The molecule has 0 radical (unpaired) electrons. The smallest absolute Gasteiger partial charge is 0.0697 e. The molecule has 0 saturated carbocycles. The Balaban J connectivity index is 2.23. The van der Waals surface area contributed by atoms with Crippen LogP contribution in [-0.4, -0.2) is 4.98 Å². The van der Waals surface area contributed by atoms with Gasteiger partial charge in [-0.1, -0.05) is 17.7 Å². The lowest BCUT2D eigenvalue weighted by atomic mass is 10.2. The zero-order valence-electron chi connectivity index (χ0n) is 8.27. The Morgan fingerprint density at radius 3 is 2.81 bits per heavy atom. The maximum atomic E-state index is 13.5. The number of para-hydroxylation sites is 1. The summed E-state index contributed by atoms with van der Waals surface area (Å²) in [4.78, 5) is 4.39. The lowest BCUT2D eigenvalue weighted by Gasteiger charge is -2.05. The Hall–Kier alpha value is -1.74. The first kappa shape index (κ1) is 9.48. The predicted molar refractivity (Wildman–Crippen MR) is 63.9 cm³/mol. The highest BCUT2D eigenvalue weighted by atomic mass is 32.1. The average molecular weight is 228 g/mol. The SMILES string of the molecule is Fc1ccc[c-]c1-c1nc2ccccc2s1. The molecule has 1 nitrogen and oxygen atoms in total. The maximum absolute atomic E-state index is 13.5. The molecule has 0 saturated heterocycles. The van der Waals surface area contributed by atoms with Crippen LogP contribution in [0.3, 0.4) is 0 Å². The number of halogens is 1. The first-order valence-electron chi connectivity index (χ1n) is 4.87. The van der Waals surface area contributed by atoms with Crippen molar-refractivity contribution >= 4 is 21.6 Å². The zero-order valence-corrected chi connectivity index (χ0v) is 9.09. The molecule has 0 unspecified atom stereocenters. The van der Waals surface area contributed by atoms with E-state index in [0.29, 0.717) is 10.6 Å². The summed E-state index contributed by atoms with van der Waals surface area (Å²) in [6.07, 6.45) is 0. The van der Waals surface area contributed by atoms with Crippen molar-refractivity contribution in [3.8, 4) is 10.6 Å². The number of aromatic nitrogens is 1. The minimum Gasteiger partial charge on any atom is -0.285 e. The zero-order chi connectivity index (χ0) is 11.0. The monoisotopic (exact) mass is 228 g/mol. The van der Waals surface area contributed by atoms with E-state index in [-0.39, 0.29) is 5.82 Å². The number of nitrogens with zero attached hydrogens (tertiary/aromatic N) is 1. The van der Waals surface area contributed by atoms with Gasteiger partial charge in [0.25, 0.3) is 0 Å². The van der Waals surface area contributed by atoms with Crippen molar-refractivity contribution in [2.75, 3.05) is 0 Å². The summed E-state index contributed by atoms with van der Waals surface area (Å²) in [7, 11) is 0. The molecular weight excluding hydrogens is 221 g/mol. The normalized spacial score (nSPS) is 10.8. The van der Waals surface area contributed by atoms with Crippen LogP contribution in [0, 0.1) is 11.9 Å². The van der Waals surface area contributed by atoms with Crippen LogP contribution < -0.4 is 0 Å². The Kier molecular flexibility index (Phi) is 2.18. The Bertz CT molecular complexity index is 612. The van der Waals surface area contributed by atoms with Gasteiger partial charge >= 0.3 is 0 Å². The summed E-state index contributed by atoms with van der Waals surface area (Å²) >= 11 is 1.48. The summed E-state index contributed by atoms with van der Waals surface area (Å²) in [5.74, 6) is -0.276. The van der Waals surface area contributed by atoms with E-state index >= 15 is 0 Å². The van der Waals surface area contributed by atoms with Crippen molar-refractivity contribution in [1.29, 1.82) is 0 Å². The molecule has 78 valence electrons. The Morgan fingerprint density at radius 1 is 1.12 bits per heavy atom. The van der Waals surface area contributed by atoms with Gasteiger partial charge in [0.2, 0.25) is 0 Å². The van der Waals surface area contributed by atoms with Crippen molar-refractivity contribution in [3.63, 3.8) is 0 Å². The quantitative estimate of drug-likeness (QED) is 0.575. The van der Waals surface area contributed by atoms with Gasteiger partial charge in [0, 0.05) is 15.5 Å². The molecule has 3 heteroatoms. The molecule has 1 heterocycles. The minimum absolute atomic E-state index is 0.276. The van der Waals surface area contributed by atoms with Crippen LogP contribution in [0.4, 0.5) is 4.39 Å². The van der Waals surface area contributed by atoms with Crippen LogP contribution in [0.25, 0.3) is 20.8 Å². The fourth-order valence-electron chi connectivity index (χ4n) is 1.56. The van der Waals surface area contributed by atoms with Gasteiger partial charge in [-0.3, -0.25) is 9.37 Å². The van der Waals surface area contributed by atoms with Crippen LogP contribution in [0.15, 0.2) is 42.5 Å². The summed E-state index contributed by atoms with van der Waals surface area (Å²) in [6, 6.07) is 15.4. The predicted octanol–water partition coefficient (Wildman–Crippen LogP) is 3.90. The maximum Gasteiger partial charge on any atom is 0.0697 e. The highest BCUT2D eigenvalue weighted by molar-refractivity contribution is 7.21. The second-order valence-corrected chi connectivity index (χ2v) is 4.41. The van der Waals surface area contributed by atoms with E-state index in [1.54, 1.807) is 12.1 Å². The molecule has 2 aromatic carbocycles. The molecule has 3 rings (SSSR count). The number of benzene rings is 2. The Morgan fingerprint density at radius 2 is 2.00 bits per heavy atom. The van der Waals surface area contributed by atoms with Gasteiger partial charge in [-0.2, -0.15) is 11.3 Å². The molecule has 0 bridgehead atoms. The highest BCUT2D eigenvalue weighted by Crippen LogP contribution is 2.30. The van der Waals surface area contributed by atoms with Gasteiger partial charge in [-0.05, 0) is 12.1 Å². The topological polar surface area (TPSA) is 12.9 Å². The van der Waals surface area contributed by atoms with Crippen LogP contribution in [0.5, 0.6) is 0 Å². The van der Waals surface area contributed by atoms with E-state index in [2.05, 4.69) is 11.1 Å². The number of fused-ring (bicyclic) bond motifs is 1. The van der Waals surface area contributed by atoms with Gasteiger partial charge in [0.05, 0.1) is 5.52 Å². The number of hydrogen-bond acceptors (Lipinski definition) is 2. The van der Waals surface area contributed by atoms with E-state index in [0.717, 1.165) is 10.2 Å². The molecule has 1 aromatic heterocycles. The van der Waals surface area contributed by atoms with Crippen LogP contribution in [0.2, 0.25) is 0 Å². The third-order valence-electron chi connectivity index (χ3n) is 2.31. The van der Waals surface area contributed by atoms with Gasteiger partial charge < -0.3 is 0 Å². The van der Waals surface area contributed by atoms with Gasteiger partial charge in [-0.15, -0.1) is 24.3 Å². The summed E-state index contributed by atoms with van der Waals surface area (Å²) in [6.45, 7) is 0. The molecule has 0 aliphatic heterocycles. The summed E-state index contributed by atoms with van der Waals surface area (Å²) in [5.41, 5.74) is 1.35. The fourth-order valence-corrected chi connectivity index (χ4v) is 2.54. The molecule has 16 heavy (non-hydrogen) atoms. The first-order valence-corrected chi connectivity index (χ1v) is 5.68. The third kappa shape index (κ3) is 1.49. The first-order chi connectivity index (χ1) is 7.84. The average Bonchev–Trinajstić information content (AvgIpc) is 2.73. The largest absolute Gasteiger partial charge is 0.285 e. The fraction of sp³-hybridized carbons (Fsp3) is 0. The van der Waals surface area contributed by atoms with E-state index in [9.17, 15) is 4.39 Å². The molecule has 0 spiro atoms. The standard InChI is InChI=1S/C13H7FNS/c14-10-6-2-1-5-9(10)13-15-11-7-3-4-8-12(11)16-13/h1-4,6-8H/q-1. The molecule has 0 fully saturated rings. The lowest BCUT2D eigenvalue weighted by molar-refractivity contribution is 0.631.